The second kappa shape index (κ2) is 7.33. The van der Waals surface area contributed by atoms with Crippen LogP contribution >= 0.6 is 11.8 Å². The minimum atomic E-state index is 0.795. The van der Waals surface area contributed by atoms with E-state index in [4.69, 9.17) is 4.42 Å². The van der Waals surface area contributed by atoms with Crippen molar-refractivity contribution in [2.24, 2.45) is 0 Å². The molecular weight excluding hydrogens is 344 g/mol. The van der Waals surface area contributed by atoms with E-state index in [1.165, 1.54) is 5.56 Å². The van der Waals surface area contributed by atoms with Gasteiger partial charge >= 0.3 is 0 Å². The lowest BCUT2D eigenvalue weighted by Gasteiger charge is -2.10. The Hall–Kier alpha value is -2.60. The lowest BCUT2D eigenvalue weighted by Crippen LogP contribution is -2.01. The second-order valence-electron chi connectivity index (χ2n) is 6.18. The van der Waals surface area contributed by atoms with Gasteiger partial charge in [0.2, 0.25) is 0 Å². The zero-order chi connectivity index (χ0) is 17.9. The fourth-order valence-electron chi connectivity index (χ4n) is 2.94. The van der Waals surface area contributed by atoms with Crippen molar-refractivity contribution in [2.75, 3.05) is 5.75 Å². The zero-order valence-corrected chi connectivity index (χ0v) is 15.7. The maximum Gasteiger partial charge on any atom is 0.195 e. The molecule has 0 spiro atoms. The van der Waals surface area contributed by atoms with Crippen molar-refractivity contribution in [1.82, 2.24) is 19.7 Å². The number of nitrogens with zero attached hydrogens (tertiary/aromatic N) is 4. The zero-order valence-electron chi connectivity index (χ0n) is 14.8. The van der Waals surface area contributed by atoms with Crippen molar-refractivity contribution in [3.63, 3.8) is 0 Å². The van der Waals surface area contributed by atoms with Crippen molar-refractivity contribution in [2.45, 2.75) is 31.8 Å². The van der Waals surface area contributed by atoms with Gasteiger partial charge in [-0.2, -0.15) is 0 Å². The standard InChI is InChI=1S/C20H20N4OS/c1-14-8-3-5-10-17(14)24-15(2)22-23-20(24)26-13-7-12-19-21-16-9-4-6-11-18(16)25-19/h3-6,8-11H,7,12-13H2,1-2H3. The molecule has 0 aliphatic rings. The van der Waals surface area contributed by atoms with Crippen molar-refractivity contribution >= 4 is 22.9 Å². The van der Waals surface area contributed by atoms with E-state index >= 15 is 0 Å². The van der Waals surface area contributed by atoms with Gasteiger partial charge in [-0.3, -0.25) is 4.57 Å². The van der Waals surface area contributed by atoms with E-state index in [9.17, 15) is 0 Å². The summed E-state index contributed by atoms with van der Waals surface area (Å²) in [5.41, 5.74) is 4.12. The molecule has 4 aromatic rings. The average molecular weight is 364 g/mol. The summed E-state index contributed by atoms with van der Waals surface area (Å²) >= 11 is 1.72. The van der Waals surface area contributed by atoms with Crippen LogP contribution in [0.2, 0.25) is 0 Å². The molecule has 132 valence electrons. The van der Waals surface area contributed by atoms with Gasteiger partial charge in [0.15, 0.2) is 16.6 Å². The number of thioether (sulfide) groups is 1. The van der Waals surface area contributed by atoms with E-state index in [1.54, 1.807) is 11.8 Å². The van der Waals surface area contributed by atoms with Gasteiger partial charge in [0, 0.05) is 12.2 Å². The summed E-state index contributed by atoms with van der Waals surface area (Å²) in [4.78, 5) is 4.53. The molecule has 5 nitrogen and oxygen atoms in total. The molecule has 0 bridgehead atoms. The van der Waals surface area contributed by atoms with E-state index in [-0.39, 0.29) is 0 Å². The highest BCUT2D eigenvalue weighted by atomic mass is 32.2. The molecule has 2 aromatic heterocycles. The van der Waals surface area contributed by atoms with E-state index in [0.29, 0.717) is 0 Å². The number of aromatic nitrogens is 4. The van der Waals surface area contributed by atoms with Crippen molar-refractivity contribution in [1.29, 1.82) is 0 Å². The Balaban J connectivity index is 1.42. The lowest BCUT2D eigenvalue weighted by molar-refractivity contribution is 0.526. The van der Waals surface area contributed by atoms with Crippen LogP contribution < -0.4 is 0 Å². The fourth-order valence-corrected chi connectivity index (χ4v) is 3.87. The molecule has 0 aliphatic carbocycles. The Kier molecular flexibility index (Phi) is 4.75. The maximum atomic E-state index is 5.78. The topological polar surface area (TPSA) is 56.7 Å². The van der Waals surface area contributed by atoms with Crippen LogP contribution in [0.25, 0.3) is 16.8 Å². The molecule has 0 unspecified atom stereocenters. The molecule has 0 radical (unpaired) electrons. The van der Waals surface area contributed by atoms with Gasteiger partial charge in [0.1, 0.15) is 11.3 Å². The number of oxazole rings is 1. The quantitative estimate of drug-likeness (QED) is 0.365. The molecule has 0 saturated carbocycles. The van der Waals surface area contributed by atoms with Gasteiger partial charge < -0.3 is 4.42 Å². The number of rotatable bonds is 6. The van der Waals surface area contributed by atoms with Crippen LogP contribution in [0.1, 0.15) is 23.7 Å². The van der Waals surface area contributed by atoms with Gasteiger partial charge in [0.05, 0.1) is 5.69 Å². The third-order valence-corrected chi connectivity index (χ3v) is 5.27. The Morgan fingerprint density at radius 2 is 1.81 bits per heavy atom. The Morgan fingerprint density at radius 3 is 2.65 bits per heavy atom. The van der Waals surface area contributed by atoms with E-state index in [2.05, 4.69) is 38.8 Å². The number of benzene rings is 2. The molecule has 0 aliphatic heterocycles. The van der Waals surface area contributed by atoms with Gasteiger partial charge in [-0.05, 0) is 44.0 Å². The second-order valence-corrected chi connectivity index (χ2v) is 7.24. The third-order valence-electron chi connectivity index (χ3n) is 4.26. The number of hydrogen-bond donors (Lipinski definition) is 0. The van der Waals surface area contributed by atoms with E-state index in [0.717, 1.165) is 52.3 Å². The summed E-state index contributed by atoms with van der Waals surface area (Å²) in [5, 5.41) is 9.54. The van der Waals surface area contributed by atoms with E-state index in [1.807, 2.05) is 43.3 Å². The van der Waals surface area contributed by atoms with Crippen LogP contribution in [0, 0.1) is 13.8 Å². The number of fused-ring (bicyclic) bond motifs is 1. The van der Waals surface area contributed by atoms with Crippen LogP contribution in [0.4, 0.5) is 0 Å². The molecule has 0 saturated heterocycles. The molecule has 0 N–H and O–H groups in total. The molecule has 4 rings (SSSR count). The van der Waals surface area contributed by atoms with Gasteiger partial charge in [-0.15, -0.1) is 10.2 Å². The first-order valence-electron chi connectivity index (χ1n) is 8.67. The summed E-state index contributed by atoms with van der Waals surface area (Å²) in [6, 6.07) is 16.2. The predicted octanol–water partition coefficient (Wildman–Crippen LogP) is 4.75. The first-order valence-corrected chi connectivity index (χ1v) is 9.66. The SMILES string of the molecule is Cc1ccccc1-n1c(C)nnc1SCCCc1nc2ccccc2o1. The highest BCUT2D eigenvalue weighted by molar-refractivity contribution is 7.99. The van der Waals surface area contributed by atoms with Gasteiger partial charge in [0.25, 0.3) is 0 Å². The van der Waals surface area contributed by atoms with Crippen molar-refractivity contribution in [3.05, 3.63) is 65.8 Å². The Labute approximate surface area is 156 Å². The summed E-state index contributed by atoms with van der Waals surface area (Å²) in [5.74, 6) is 2.63. The molecule has 26 heavy (non-hydrogen) atoms. The predicted molar refractivity (Wildman–Crippen MR) is 104 cm³/mol. The molecule has 0 atom stereocenters. The van der Waals surface area contributed by atoms with Crippen molar-refractivity contribution in [3.8, 4) is 5.69 Å². The fraction of sp³-hybridized carbons (Fsp3) is 0.250. The highest BCUT2D eigenvalue weighted by Crippen LogP contribution is 2.25. The highest BCUT2D eigenvalue weighted by Gasteiger charge is 2.13. The third kappa shape index (κ3) is 3.37. The number of hydrogen-bond acceptors (Lipinski definition) is 5. The van der Waals surface area contributed by atoms with Crippen LogP contribution in [-0.2, 0) is 6.42 Å². The Bertz CT molecular complexity index is 1000. The lowest BCUT2D eigenvalue weighted by atomic mass is 10.2. The summed E-state index contributed by atoms with van der Waals surface area (Å²) in [6.45, 7) is 4.10. The normalized spacial score (nSPS) is 11.3. The molecule has 0 fully saturated rings. The molecule has 2 aromatic carbocycles. The first kappa shape index (κ1) is 16.8. The number of aryl methyl sites for hydroxylation is 3. The Morgan fingerprint density at radius 1 is 1.00 bits per heavy atom. The first-order chi connectivity index (χ1) is 12.7. The van der Waals surface area contributed by atoms with Crippen LogP contribution in [0.5, 0.6) is 0 Å². The smallest absolute Gasteiger partial charge is 0.195 e. The van der Waals surface area contributed by atoms with Crippen molar-refractivity contribution < 1.29 is 4.42 Å². The molecule has 2 heterocycles. The van der Waals surface area contributed by atoms with Gasteiger partial charge in [-0.25, -0.2) is 4.98 Å². The molecule has 6 heteroatoms. The molecule has 0 amide bonds. The van der Waals surface area contributed by atoms with E-state index < -0.39 is 0 Å². The maximum absolute atomic E-state index is 5.78. The molecular formula is C20H20N4OS. The van der Waals surface area contributed by atoms with Gasteiger partial charge in [-0.1, -0.05) is 42.1 Å². The average Bonchev–Trinajstić information content (AvgIpc) is 3.22. The monoisotopic (exact) mass is 364 g/mol. The van der Waals surface area contributed by atoms with Crippen LogP contribution in [-0.4, -0.2) is 25.5 Å². The van der Waals surface area contributed by atoms with Crippen LogP contribution in [0.3, 0.4) is 0 Å². The minimum absolute atomic E-state index is 0.795. The largest absolute Gasteiger partial charge is 0.441 e. The summed E-state index contributed by atoms with van der Waals surface area (Å²) in [6.07, 6.45) is 1.79. The summed E-state index contributed by atoms with van der Waals surface area (Å²) in [7, 11) is 0. The van der Waals surface area contributed by atoms with Crippen LogP contribution in [0.15, 0.2) is 58.1 Å². The number of para-hydroxylation sites is 3. The summed E-state index contributed by atoms with van der Waals surface area (Å²) < 4.78 is 7.90. The minimum Gasteiger partial charge on any atom is -0.441 e.